The number of rotatable bonds is 13. The van der Waals surface area contributed by atoms with Gasteiger partial charge in [0, 0.05) is 46.7 Å². The Morgan fingerprint density at radius 1 is 1.03 bits per heavy atom. The van der Waals surface area contributed by atoms with Crippen LogP contribution >= 0.6 is 34.8 Å². The fourth-order valence-electron chi connectivity index (χ4n) is 3.61. The molecule has 2 amide bonds. The molecule has 0 spiro atoms. The average Bonchev–Trinajstić information content (AvgIpc) is 2.80. The normalized spacial score (nSPS) is 12.2. The lowest BCUT2D eigenvalue weighted by atomic mass is 10.1. The predicted molar refractivity (Wildman–Crippen MR) is 147 cm³/mol. The van der Waals surface area contributed by atoms with Crippen molar-refractivity contribution in [3.8, 4) is 0 Å². The molecule has 1 N–H and O–H groups in total. The number of hydrogen-bond acceptors (Lipinski definition) is 4. The van der Waals surface area contributed by atoms with Crippen molar-refractivity contribution in [2.75, 3.05) is 23.7 Å². The first-order valence-electron chi connectivity index (χ1n) is 11.7. The molecule has 0 bridgehead atoms. The first kappa shape index (κ1) is 30.2. The summed E-state index contributed by atoms with van der Waals surface area (Å²) in [6.45, 7) is 4.30. The molecule has 11 heteroatoms. The Labute approximate surface area is 228 Å². The van der Waals surface area contributed by atoms with E-state index in [-0.39, 0.29) is 37.7 Å². The summed E-state index contributed by atoms with van der Waals surface area (Å²) >= 11 is 18.7. The number of sulfonamides is 1. The smallest absolute Gasteiger partial charge is 0.242 e. The number of unbranched alkanes of at least 4 members (excludes halogenated alkanes) is 1. The van der Waals surface area contributed by atoms with Gasteiger partial charge in [-0.15, -0.1) is 0 Å². The van der Waals surface area contributed by atoms with E-state index in [9.17, 15) is 18.0 Å². The molecular formula is C25H32Cl3N3O4S. The van der Waals surface area contributed by atoms with E-state index < -0.39 is 16.1 Å². The first-order chi connectivity index (χ1) is 17.0. The van der Waals surface area contributed by atoms with Crippen molar-refractivity contribution in [3.05, 3.63) is 63.1 Å². The lowest BCUT2D eigenvalue weighted by Gasteiger charge is -2.30. The van der Waals surface area contributed by atoms with E-state index in [0.717, 1.165) is 19.1 Å². The highest BCUT2D eigenvalue weighted by Crippen LogP contribution is 2.27. The summed E-state index contributed by atoms with van der Waals surface area (Å²) in [5.41, 5.74) is 0.958. The topological polar surface area (TPSA) is 86.8 Å². The Bertz CT molecular complexity index is 1140. The second kappa shape index (κ2) is 14.1. The third-order valence-corrected chi connectivity index (χ3v) is 7.77. The first-order valence-corrected chi connectivity index (χ1v) is 14.7. The van der Waals surface area contributed by atoms with Gasteiger partial charge in [-0.2, -0.15) is 0 Å². The van der Waals surface area contributed by atoms with Crippen LogP contribution < -0.4 is 9.62 Å². The van der Waals surface area contributed by atoms with Gasteiger partial charge in [-0.25, -0.2) is 8.42 Å². The fraction of sp³-hybridized carbons (Fsp3) is 0.440. The lowest BCUT2D eigenvalue weighted by Crippen LogP contribution is -2.48. The molecule has 1 atom stereocenters. The Morgan fingerprint density at radius 3 is 2.25 bits per heavy atom. The number of carbonyl (C=O) groups is 2. The van der Waals surface area contributed by atoms with Crippen LogP contribution in [0.15, 0.2) is 42.5 Å². The molecule has 36 heavy (non-hydrogen) atoms. The number of nitrogens with one attached hydrogen (secondary N) is 1. The van der Waals surface area contributed by atoms with Crippen LogP contribution in [0, 0.1) is 0 Å². The van der Waals surface area contributed by atoms with Gasteiger partial charge in [0.2, 0.25) is 21.8 Å². The van der Waals surface area contributed by atoms with Crippen molar-refractivity contribution < 1.29 is 18.0 Å². The molecule has 0 aliphatic heterocycles. The van der Waals surface area contributed by atoms with Crippen LogP contribution in [0.25, 0.3) is 0 Å². The molecule has 0 aromatic heterocycles. The van der Waals surface area contributed by atoms with Crippen molar-refractivity contribution in [3.63, 3.8) is 0 Å². The number of carbonyl (C=O) groups excluding carboxylic acids is 2. The number of amides is 2. The van der Waals surface area contributed by atoms with E-state index in [1.54, 1.807) is 49.4 Å². The molecule has 0 heterocycles. The Hall–Kier alpha value is -2.00. The van der Waals surface area contributed by atoms with Crippen LogP contribution in [0.4, 0.5) is 5.69 Å². The molecule has 198 valence electrons. The third-order valence-electron chi connectivity index (χ3n) is 5.64. The zero-order chi connectivity index (χ0) is 26.9. The van der Waals surface area contributed by atoms with Crippen LogP contribution in [-0.2, 0) is 26.2 Å². The quantitative estimate of drug-likeness (QED) is 0.318. The van der Waals surface area contributed by atoms with Crippen LogP contribution in [-0.4, -0.2) is 50.5 Å². The van der Waals surface area contributed by atoms with Crippen LogP contribution in [0.1, 0.15) is 45.1 Å². The summed E-state index contributed by atoms with van der Waals surface area (Å²) in [5.74, 6) is -0.597. The van der Waals surface area contributed by atoms with E-state index in [1.165, 1.54) is 9.21 Å². The van der Waals surface area contributed by atoms with Crippen molar-refractivity contribution in [1.29, 1.82) is 0 Å². The highest BCUT2D eigenvalue weighted by atomic mass is 35.5. The second-order valence-electron chi connectivity index (χ2n) is 8.46. The minimum atomic E-state index is -3.60. The van der Waals surface area contributed by atoms with Gasteiger partial charge in [0.25, 0.3) is 0 Å². The summed E-state index contributed by atoms with van der Waals surface area (Å²) in [4.78, 5) is 27.6. The van der Waals surface area contributed by atoms with Crippen molar-refractivity contribution >= 4 is 62.3 Å². The largest absolute Gasteiger partial charge is 0.354 e. The van der Waals surface area contributed by atoms with Crippen molar-refractivity contribution in [1.82, 2.24) is 10.2 Å². The van der Waals surface area contributed by atoms with Crippen molar-refractivity contribution in [2.24, 2.45) is 0 Å². The molecule has 2 aromatic rings. The van der Waals surface area contributed by atoms with Gasteiger partial charge >= 0.3 is 0 Å². The molecule has 0 aliphatic rings. The molecule has 0 radical (unpaired) electrons. The van der Waals surface area contributed by atoms with E-state index in [1.807, 2.05) is 6.92 Å². The SMILES string of the molecule is CCCCNC(=O)[C@H](C)N(Cc1c(Cl)cccc1Cl)C(=O)CCCN(c1cccc(Cl)c1)S(C)(=O)=O. The van der Waals surface area contributed by atoms with Gasteiger partial charge in [0.1, 0.15) is 6.04 Å². The van der Waals surface area contributed by atoms with E-state index in [0.29, 0.717) is 32.9 Å². The zero-order valence-corrected chi connectivity index (χ0v) is 23.7. The molecule has 0 aliphatic carbocycles. The second-order valence-corrected chi connectivity index (χ2v) is 11.6. The van der Waals surface area contributed by atoms with Gasteiger partial charge in [0.15, 0.2) is 0 Å². The molecule has 2 aromatic carbocycles. The predicted octanol–water partition coefficient (Wildman–Crippen LogP) is 5.53. The maximum atomic E-state index is 13.3. The molecule has 2 rings (SSSR count). The molecule has 0 unspecified atom stereocenters. The number of benzene rings is 2. The lowest BCUT2D eigenvalue weighted by molar-refractivity contribution is -0.140. The van der Waals surface area contributed by atoms with E-state index >= 15 is 0 Å². The molecule has 0 saturated carbocycles. The summed E-state index contributed by atoms with van der Waals surface area (Å²) in [5, 5.41) is 4.04. The number of hydrogen-bond donors (Lipinski definition) is 1. The number of halogens is 3. The van der Waals surface area contributed by atoms with Gasteiger partial charge in [0.05, 0.1) is 11.9 Å². The molecular weight excluding hydrogens is 545 g/mol. The standard InChI is InChI=1S/C25H32Cl3N3O4S/c1-4-5-14-29-25(33)18(2)30(17-21-22(27)11-7-12-23(21)28)24(32)13-8-15-31(36(3,34)35)20-10-6-9-19(26)16-20/h6-7,9-12,16,18H,4-5,8,13-15,17H2,1-3H3,(H,29,33)/t18-/m0/s1. The minimum absolute atomic E-state index is 0.0151. The fourth-order valence-corrected chi connectivity index (χ4v) is 5.27. The van der Waals surface area contributed by atoms with E-state index in [4.69, 9.17) is 34.8 Å². The van der Waals surface area contributed by atoms with Gasteiger partial charge < -0.3 is 10.2 Å². The minimum Gasteiger partial charge on any atom is -0.354 e. The highest BCUT2D eigenvalue weighted by molar-refractivity contribution is 7.92. The van der Waals surface area contributed by atoms with E-state index in [2.05, 4.69) is 5.32 Å². The molecule has 7 nitrogen and oxygen atoms in total. The average molecular weight is 577 g/mol. The van der Waals surface area contributed by atoms with Crippen molar-refractivity contribution in [2.45, 2.75) is 52.1 Å². The van der Waals surface area contributed by atoms with Crippen LogP contribution in [0.3, 0.4) is 0 Å². The Balaban J connectivity index is 2.20. The summed E-state index contributed by atoms with van der Waals surface area (Å²) in [6, 6.07) is 10.8. The number of anilines is 1. The van der Waals surface area contributed by atoms with Crippen LogP contribution in [0.2, 0.25) is 15.1 Å². The maximum absolute atomic E-state index is 13.3. The summed E-state index contributed by atoms with van der Waals surface area (Å²) in [7, 11) is -3.60. The summed E-state index contributed by atoms with van der Waals surface area (Å²) in [6.07, 6.45) is 3.10. The molecule has 0 fully saturated rings. The molecule has 0 saturated heterocycles. The van der Waals surface area contributed by atoms with Crippen LogP contribution in [0.5, 0.6) is 0 Å². The monoisotopic (exact) mass is 575 g/mol. The highest BCUT2D eigenvalue weighted by Gasteiger charge is 2.27. The third kappa shape index (κ3) is 8.83. The van der Waals surface area contributed by atoms with Gasteiger partial charge in [-0.1, -0.05) is 60.3 Å². The number of nitrogens with zero attached hydrogens (tertiary/aromatic N) is 2. The zero-order valence-electron chi connectivity index (χ0n) is 20.6. The van der Waals surface area contributed by atoms with Gasteiger partial charge in [-0.3, -0.25) is 13.9 Å². The Kier molecular flexibility index (Phi) is 11.8. The summed E-state index contributed by atoms with van der Waals surface area (Å²) < 4.78 is 26.0. The van der Waals surface area contributed by atoms with Gasteiger partial charge in [-0.05, 0) is 50.1 Å². The Morgan fingerprint density at radius 2 is 1.67 bits per heavy atom. The maximum Gasteiger partial charge on any atom is 0.242 e.